The summed E-state index contributed by atoms with van der Waals surface area (Å²) in [6, 6.07) is 15.3. The lowest BCUT2D eigenvalue weighted by Crippen LogP contribution is -2.48. The number of aryl methyl sites for hydroxylation is 1. The molecule has 154 valence electrons. The zero-order valence-electron chi connectivity index (χ0n) is 17.9. The van der Waals surface area contributed by atoms with Gasteiger partial charge in [-0.15, -0.1) is 0 Å². The van der Waals surface area contributed by atoms with E-state index in [1.165, 1.54) is 60.8 Å². The normalized spacial score (nSPS) is 29.3. The molecule has 3 nitrogen and oxygen atoms in total. The fraction of sp³-hybridized carbons (Fsp3) is 0.444. The fourth-order valence-electron chi connectivity index (χ4n) is 7.06. The number of benzene rings is 2. The highest BCUT2D eigenvalue weighted by molar-refractivity contribution is 5.66. The molecule has 0 spiro atoms. The average Bonchev–Trinajstić information content (AvgIpc) is 3.23. The van der Waals surface area contributed by atoms with Gasteiger partial charge in [0.1, 0.15) is 11.6 Å². The molecular formula is C27H30N2O. The third kappa shape index (κ3) is 2.90. The molecule has 0 atom stereocenters. The maximum Gasteiger partial charge on any atom is 0.137 e. The minimum absolute atomic E-state index is 0.308. The molecule has 0 aliphatic heterocycles. The third-order valence-corrected chi connectivity index (χ3v) is 8.02. The Bertz CT molecular complexity index is 1040. The van der Waals surface area contributed by atoms with E-state index in [1.807, 2.05) is 13.3 Å². The van der Waals surface area contributed by atoms with Crippen LogP contribution >= 0.6 is 0 Å². The Labute approximate surface area is 178 Å². The number of methoxy groups -OCH3 is 1. The first-order valence-corrected chi connectivity index (χ1v) is 11.4. The molecule has 0 saturated heterocycles. The van der Waals surface area contributed by atoms with Gasteiger partial charge in [-0.25, -0.2) is 4.98 Å². The number of H-pyrrole nitrogens is 1. The maximum atomic E-state index is 5.88. The summed E-state index contributed by atoms with van der Waals surface area (Å²) in [6.07, 6.45) is 10.3. The minimum atomic E-state index is 0.308. The van der Waals surface area contributed by atoms with Crippen LogP contribution in [0.3, 0.4) is 0 Å². The predicted octanol–water partition coefficient (Wildman–Crippen LogP) is 6.53. The summed E-state index contributed by atoms with van der Waals surface area (Å²) in [5.41, 5.74) is 6.41. The third-order valence-electron chi connectivity index (χ3n) is 8.02. The van der Waals surface area contributed by atoms with Gasteiger partial charge in [-0.3, -0.25) is 0 Å². The standard InChI is InChI=1S/C27H30N2O/c1-17-3-5-21(6-4-17)24-16-28-26(29-24)22-7-8-25(30-2)23(12-22)27-13-18-9-19(14-27)11-20(10-18)15-27/h3-8,12,16,18-20H,9-11,13-15H2,1-2H3,(H,28,29). The van der Waals surface area contributed by atoms with Gasteiger partial charge in [-0.1, -0.05) is 29.8 Å². The van der Waals surface area contributed by atoms with Gasteiger partial charge < -0.3 is 9.72 Å². The van der Waals surface area contributed by atoms with E-state index in [0.717, 1.165) is 35.0 Å². The molecular weight excluding hydrogens is 368 g/mol. The van der Waals surface area contributed by atoms with Gasteiger partial charge in [-0.05, 0) is 92.4 Å². The number of hydrogen-bond donors (Lipinski definition) is 1. The lowest BCUT2D eigenvalue weighted by Gasteiger charge is -2.57. The van der Waals surface area contributed by atoms with Crippen molar-refractivity contribution in [3.63, 3.8) is 0 Å². The van der Waals surface area contributed by atoms with E-state index in [0.29, 0.717) is 5.41 Å². The molecule has 4 saturated carbocycles. The Balaban J connectivity index is 1.39. The van der Waals surface area contributed by atoms with Gasteiger partial charge >= 0.3 is 0 Å². The van der Waals surface area contributed by atoms with E-state index in [2.05, 4.69) is 54.4 Å². The van der Waals surface area contributed by atoms with Crippen LogP contribution in [0, 0.1) is 24.7 Å². The summed E-state index contributed by atoms with van der Waals surface area (Å²) in [5, 5.41) is 0. The zero-order chi connectivity index (χ0) is 20.3. The van der Waals surface area contributed by atoms with Crippen molar-refractivity contribution in [1.29, 1.82) is 0 Å². The molecule has 1 heterocycles. The molecule has 0 amide bonds. The van der Waals surface area contributed by atoms with Crippen molar-refractivity contribution >= 4 is 0 Å². The molecule has 1 aromatic heterocycles. The second-order valence-corrected chi connectivity index (χ2v) is 10.1. The largest absolute Gasteiger partial charge is 0.496 e. The minimum Gasteiger partial charge on any atom is -0.496 e. The topological polar surface area (TPSA) is 37.9 Å². The number of imidazole rings is 1. The highest BCUT2D eigenvalue weighted by Gasteiger charge is 2.52. The van der Waals surface area contributed by atoms with Gasteiger partial charge in [-0.2, -0.15) is 0 Å². The molecule has 2 aromatic carbocycles. The first-order chi connectivity index (χ1) is 14.6. The fourth-order valence-corrected chi connectivity index (χ4v) is 7.06. The summed E-state index contributed by atoms with van der Waals surface area (Å²) in [7, 11) is 1.82. The van der Waals surface area contributed by atoms with Gasteiger partial charge in [0.2, 0.25) is 0 Å². The lowest BCUT2D eigenvalue weighted by molar-refractivity contribution is -0.00613. The van der Waals surface area contributed by atoms with Crippen molar-refractivity contribution in [2.75, 3.05) is 7.11 Å². The number of nitrogens with zero attached hydrogens (tertiary/aromatic N) is 1. The van der Waals surface area contributed by atoms with Crippen LogP contribution in [-0.4, -0.2) is 17.1 Å². The molecule has 0 radical (unpaired) electrons. The maximum absolute atomic E-state index is 5.88. The SMILES string of the molecule is COc1ccc(-c2ncc(-c3ccc(C)cc3)[nH]2)cc1C12CC3CC(CC(C3)C1)C2. The Kier molecular flexibility index (Phi) is 4.09. The van der Waals surface area contributed by atoms with E-state index in [-0.39, 0.29) is 0 Å². The Hall–Kier alpha value is -2.55. The first kappa shape index (κ1) is 18.2. The van der Waals surface area contributed by atoms with Crippen LogP contribution in [0.25, 0.3) is 22.6 Å². The van der Waals surface area contributed by atoms with Gasteiger partial charge in [0, 0.05) is 11.1 Å². The zero-order valence-corrected chi connectivity index (χ0v) is 17.9. The summed E-state index contributed by atoms with van der Waals surface area (Å²) in [6.45, 7) is 2.12. The number of rotatable bonds is 4. The second-order valence-electron chi connectivity index (χ2n) is 10.1. The van der Waals surface area contributed by atoms with E-state index in [1.54, 1.807) is 0 Å². The van der Waals surface area contributed by atoms with Crippen LogP contribution in [0.2, 0.25) is 0 Å². The first-order valence-electron chi connectivity index (χ1n) is 11.4. The van der Waals surface area contributed by atoms with Gasteiger partial charge in [0.25, 0.3) is 0 Å². The Morgan fingerprint density at radius 1 is 0.900 bits per heavy atom. The van der Waals surface area contributed by atoms with Gasteiger partial charge in [0.05, 0.1) is 19.0 Å². The van der Waals surface area contributed by atoms with Crippen molar-refractivity contribution in [2.24, 2.45) is 17.8 Å². The number of nitrogens with one attached hydrogen (secondary N) is 1. The molecule has 7 rings (SSSR count). The average molecular weight is 399 g/mol. The van der Waals surface area contributed by atoms with Crippen LogP contribution in [0.5, 0.6) is 5.75 Å². The van der Waals surface area contributed by atoms with Crippen molar-refractivity contribution in [2.45, 2.75) is 50.9 Å². The summed E-state index contributed by atoms with van der Waals surface area (Å²) < 4.78 is 5.88. The van der Waals surface area contributed by atoms with Crippen molar-refractivity contribution in [1.82, 2.24) is 9.97 Å². The molecule has 3 aromatic rings. The number of aromatic amines is 1. The molecule has 4 aliphatic carbocycles. The van der Waals surface area contributed by atoms with Crippen LogP contribution in [0.4, 0.5) is 0 Å². The number of ether oxygens (including phenoxy) is 1. The van der Waals surface area contributed by atoms with Crippen LogP contribution < -0.4 is 4.74 Å². The summed E-state index contributed by atoms with van der Waals surface area (Å²) in [5.74, 6) is 4.76. The molecule has 30 heavy (non-hydrogen) atoms. The highest BCUT2D eigenvalue weighted by atomic mass is 16.5. The molecule has 4 aliphatic rings. The van der Waals surface area contributed by atoms with Crippen LogP contribution in [0.15, 0.2) is 48.7 Å². The monoisotopic (exact) mass is 398 g/mol. The van der Waals surface area contributed by atoms with Gasteiger partial charge in [0.15, 0.2) is 0 Å². The Morgan fingerprint density at radius 2 is 1.53 bits per heavy atom. The summed E-state index contributed by atoms with van der Waals surface area (Å²) in [4.78, 5) is 8.28. The second kappa shape index (κ2) is 6.73. The van der Waals surface area contributed by atoms with E-state index in [4.69, 9.17) is 9.72 Å². The van der Waals surface area contributed by atoms with Crippen LogP contribution in [0.1, 0.15) is 49.7 Å². The predicted molar refractivity (Wildman–Crippen MR) is 121 cm³/mol. The van der Waals surface area contributed by atoms with Crippen molar-refractivity contribution in [3.8, 4) is 28.4 Å². The molecule has 4 bridgehead atoms. The van der Waals surface area contributed by atoms with Crippen molar-refractivity contribution < 1.29 is 4.74 Å². The molecule has 4 fully saturated rings. The smallest absolute Gasteiger partial charge is 0.137 e. The highest BCUT2D eigenvalue weighted by Crippen LogP contribution is 2.62. The van der Waals surface area contributed by atoms with Crippen LogP contribution in [-0.2, 0) is 5.41 Å². The van der Waals surface area contributed by atoms with Crippen molar-refractivity contribution in [3.05, 3.63) is 59.8 Å². The van der Waals surface area contributed by atoms with E-state index in [9.17, 15) is 0 Å². The Morgan fingerprint density at radius 3 is 2.17 bits per heavy atom. The molecule has 3 heteroatoms. The lowest BCUT2D eigenvalue weighted by atomic mass is 9.48. The number of hydrogen-bond acceptors (Lipinski definition) is 2. The molecule has 0 unspecified atom stereocenters. The number of aromatic nitrogens is 2. The quantitative estimate of drug-likeness (QED) is 0.543. The summed E-state index contributed by atoms with van der Waals surface area (Å²) >= 11 is 0. The van der Waals surface area contributed by atoms with E-state index < -0.39 is 0 Å². The van der Waals surface area contributed by atoms with E-state index >= 15 is 0 Å². The molecule has 1 N–H and O–H groups in total.